The molecule has 3 aromatic rings. The van der Waals surface area contributed by atoms with E-state index < -0.39 is 12.1 Å². The molecular weight excluding hydrogens is 424 g/mol. The highest BCUT2D eigenvalue weighted by atomic mass is 16.5. The fraction of sp³-hybridized carbons (Fsp3) is 0.345. The Labute approximate surface area is 201 Å². The summed E-state index contributed by atoms with van der Waals surface area (Å²) in [6.45, 7) is 5.35. The van der Waals surface area contributed by atoms with Crippen LogP contribution < -0.4 is 10.1 Å². The number of likely N-dealkylation sites (tertiary alicyclic amines) is 1. The minimum absolute atomic E-state index is 0.149. The number of aliphatic hydroxyl groups is 1. The summed E-state index contributed by atoms with van der Waals surface area (Å²) in [4.78, 5) is 15.4. The highest BCUT2D eigenvalue weighted by molar-refractivity contribution is 5.94. The van der Waals surface area contributed by atoms with Gasteiger partial charge in [-0.3, -0.25) is 9.69 Å². The van der Waals surface area contributed by atoms with Crippen LogP contribution >= 0.6 is 0 Å². The number of nitrogens with zero attached hydrogens (tertiary/aromatic N) is 1. The van der Waals surface area contributed by atoms with Gasteiger partial charge in [-0.15, -0.1) is 0 Å². The summed E-state index contributed by atoms with van der Waals surface area (Å²) >= 11 is 0. The van der Waals surface area contributed by atoms with Gasteiger partial charge in [0.25, 0.3) is 5.91 Å². The van der Waals surface area contributed by atoms with Crippen molar-refractivity contribution in [2.45, 2.75) is 43.9 Å². The summed E-state index contributed by atoms with van der Waals surface area (Å²) in [6, 6.07) is 25.4. The van der Waals surface area contributed by atoms with Crippen molar-refractivity contribution in [3.63, 3.8) is 0 Å². The fourth-order valence-corrected chi connectivity index (χ4v) is 5.63. The molecule has 5 nitrogen and oxygen atoms in total. The molecule has 176 valence electrons. The fourth-order valence-electron chi connectivity index (χ4n) is 5.63. The molecule has 34 heavy (non-hydrogen) atoms. The van der Waals surface area contributed by atoms with Gasteiger partial charge in [0.15, 0.2) is 0 Å². The molecule has 1 aliphatic carbocycles. The molecule has 2 atom stereocenters. The molecule has 1 saturated heterocycles. The van der Waals surface area contributed by atoms with E-state index in [0.717, 1.165) is 43.8 Å². The zero-order chi connectivity index (χ0) is 23.5. The number of amides is 1. The topological polar surface area (TPSA) is 61.8 Å². The number of aliphatic hydroxyl groups excluding tert-OH is 1. The molecule has 5 heteroatoms. The van der Waals surface area contributed by atoms with E-state index in [0.29, 0.717) is 12.2 Å². The Balaban J connectivity index is 1.30. The average molecular weight is 457 g/mol. The van der Waals surface area contributed by atoms with Crippen molar-refractivity contribution in [1.29, 1.82) is 0 Å². The number of piperidine rings is 1. The highest BCUT2D eigenvalue weighted by Crippen LogP contribution is 2.51. The van der Waals surface area contributed by atoms with Crippen LogP contribution in [-0.4, -0.2) is 41.7 Å². The van der Waals surface area contributed by atoms with Crippen molar-refractivity contribution < 1.29 is 14.6 Å². The van der Waals surface area contributed by atoms with E-state index in [-0.39, 0.29) is 11.3 Å². The van der Waals surface area contributed by atoms with Crippen molar-refractivity contribution in [2.75, 3.05) is 19.7 Å². The molecule has 1 fully saturated rings. The third-order valence-corrected chi connectivity index (χ3v) is 7.43. The Morgan fingerprint density at radius 3 is 2.38 bits per heavy atom. The van der Waals surface area contributed by atoms with E-state index in [1.54, 1.807) is 12.1 Å². The van der Waals surface area contributed by atoms with Crippen LogP contribution in [0.25, 0.3) is 0 Å². The lowest BCUT2D eigenvalue weighted by molar-refractivity contribution is 0.0192. The Morgan fingerprint density at radius 2 is 1.68 bits per heavy atom. The zero-order valence-corrected chi connectivity index (χ0v) is 19.6. The Kier molecular flexibility index (Phi) is 6.40. The number of carbonyl (C=O) groups excluding carboxylic acids is 1. The molecule has 1 aliphatic heterocycles. The number of ether oxygens (including phenoxy) is 1. The smallest absolute Gasteiger partial charge is 0.251 e. The van der Waals surface area contributed by atoms with Gasteiger partial charge in [0.2, 0.25) is 0 Å². The summed E-state index contributed by atoms with van der Waals surface area (Å²) in [5.74, 6) is 0.752. The largest absolute Gasteiger partial charge is 0.494 e. The van der Waals surface area contributed by atoms with Crippen molar-refractivity contribution in [3.8, 4) is 5.75 Å². The third-order valence-electron chi connectivity index (χ3n) is 7.43. The predicted octanol–water partition coefficient (Wildman–Crippen LogP) is 4.46. The van der Waals surface area contributed by atoms with Crippen molar-refractivity contribution >= 4 is 5.91 Å². The Hall–Kier alpha value is -3.15. The Morgan fingerprint density at radius 1 is 1.00 bits per heavy atom. The molecule has 2 N–H and O–H groups in total. The van der Waals surface area contributed by atoms with Crippen LogP contribution in [0.15, 0.2) is 78.9 Å². The number of carbonyl (C=O) groups is 1. The molecule has 1 heterocycles. The minimum Gasteiger partial charge on any atom is -0.494 e. The van der Waals surface area contributed by atoms with Crippen LogP contribution in [0.4, 0.5) is 0 Å². The predicted molar refractivity (Wildman–Crippen MR) is 133 cm³/mol. The second-order valence-electron chi connectivity index (χ2n) is 9.36. The molecule has 2 aliphatic rings. The average Bonchev–Trinajstić information content (AvgIpc) is 3.10. The van der Waals surface area contributed by atoms with E-state index in [9.17, 15) is 9.90 Å². The van der Waals surface area contributed by atoms with Gasteiger partial charge < -0.3 is 15.2 Å². The highest BCUT2D eigenvalue weighted by Gasteiger charge is 2.52. The lowest BCUT2D eigenvalue weighted by Crippen LogP contribution is -2.49. The molecule has 5 rings (SSSR count). The first kappa shape index (κ1) is 22.6. The number of rotatable bonds is 6. The third kappa shape index (κ3) is 4.22. The number of benzene rings is 3. The minimum atomic E-state index is -0.648. The van der Waals surface area contributed by atoms with Gasteiger partial charge in [0.05, 0.1) is 18.8 Å². The second kappa shape index (κ2) is 9.61. The van der Waals surface area contributed by atoms with Crippen molar-refractivity contribution in [1.82, 2.24) is 10.2 Å². The normalized spacial score (nSPS) is 21.2. The van der Waals surface area contributed by atoms with Crippen LogP contribution in [0.2, 0.25) is 0 Å². The summed E-state index contributed by atoms with van der Waals surface area (Å²) in [5, 5.41) is 14.7. The van der Waals surface area contributed by atoms with Crippen molar-refractivity contribution in [2.24, 2.45) is 0 Å². The lowest BCUT2D eigenvalue weighted by Gasteiger charge is -2.43. The van der Waals surface area contributed by atoms with Gasteiger partial charge in [-0.25, -0.2) is 0 Å². The maximum atomic E-state index is 12.9. The van der Waals surface area contributed by atoms with Crippen molar-refractivity contribution in [3.05, 3.63) is 101 Å². The molecule has 0 unspecified atom stereocenters. The van der Waals surface area contributed by atoms with Crippen LogP contribution in [0.5, 0.6) is 5.75 Å². The molecule has 0 saturated carbocycles. The molecule has 0 aromatic heterocycles. The maximum absolute atomic E-state index is 12.9. The van der Waals surface area contributed by atoms with E-state index >= 15 is 0 Å². The first-order chi connectivity index (χ1) is 16.6. The number of nitrogens with one attached hydrogen (secondary N) is 1. The van der Waals surface area contributed by atoms with Crippen LogP contribution in [0.3, 0.4) is 0 Å². The first-order valence-corrected chi connectivity index (χ1v) is 12.2. The summed E-state index contributed by atoms with van der Waals surface area (Å²) in [6.07, 6.45) is 1.07. The monoisotopic (exact) mass is 456 g/mol. The molecule has 0 radical (unpaired) electrons. The molecule has 1 amide bonds. The van der Waals surface area contributed by atoms with Crippen LogP contribution in [0, 0.1) is 0 Å². The second-order valence-corrected chi connectivity index (χ2v) is 9.36. The summed E-state index contributed by atoms with van der Waals surface area (Å²) in [5.41, 5.74) is 3.76. The summed E-state index contributed by atoms with van der Waals surface area (Å²) < 4.78 is 5.55. The van der Waals surface area contributed by atoms with E-state index in [1.807, 2.05) is 49.4 Å². The Bertz CT molecular complexity index is 1120. The van der Waals surface area contributed by atoms with Gasteiger partial charge in [0, 0.05) is 17.5 Å². The first-order valence-electron chi connectivity index (χ1n) is 12.2. The summed E-state index contributed by atoms with van der Waals surface area (Å²) in [7, 11) is 0. The standard InChI is InChI=1S/C29H32N2O3/c1-2-34-23-14-12-21(13-15-23)20-31-18-16-29(17-19-31)25-11-7-6-10-24(25)26(27(29)32)30-28(33)22-8-4-3-5-9-22/h3-15,26-27,32H,2,16-20H2,1H3,(H,30,33)/t26-,27+/m1/s1. The van der Waals surface area contributed by atoms with E-state index in [1.165, 1.54) is 11.1 Å². The van der Waals surface area contributed by atoms with Gasteiger partial charge in [-0.2, -0.15) is 0 Å². The van der Waals surface area contributed by atoms with Gasteiger partial charge >= 0.3 is 0 Å². The zero-order valence-electron chi connectivity index (χ0n) is 19.6. The molecule has 3 aromatic carbocycles. The van der Waals surface area contributed by atoms with Gasteiger partial charge in [-0.05, 0) is 73.8 Å². The molecule has 0 bridgehead atoms. The van der Waals surface area contributed by atoms with Gasteiger partial charge in [0.1, 0.15) is 5.75 Å². The van der Waals surface area contributed by atoms with Gasteiger partial charge in [-0.1, -0.05) is 54.6 Å². The number of hydrogen-bond donors (Lipinski definition) is 2. The quantitative estimate of drug-likeness (QED) is 0.575. The molecule has 1 spiro atoms. The van der Waals surface area contributed by atoms with E-state index in [4.69, 9.17) is 4.74 Å². The SMILES string of the molecule is CCOc1ccc(CN2CCC3(CC2)c2ccccc2[C@@H](NC(=O)c2ccccc2)[C@@H]3O)cc1. The van der Waals surface area contributed by atoms with Crippen LogP contribution in [0.1, 0.15) is 52.9 Å². The number of hydrogen-bond acceptors (Lipinski definition) is 4. The van der Waals surface area contributed by atoms with E-state index in [2.05, 4.69) is 34.5 Å². The van der Waals surface area contributed by atoms with Crippen LogP contribution in [-0.2, 0) is 12.0 Å². The number of fused-ring (bicyclic) bond motifs is 2. The lowest BCUT2D eigenvalue weighted by atomic mass is 9.72. The molecular formula is C29H32N2O3. The maximum Gasteiger partial charge on any atom is 0.251 e.